The Morgan fingerprint density at radius 1 is 1.26 bits per heavy atom. The van der Waals surface area contributed by atoms with Crippen LogP contribution >= 0.6 is 0 Å². The normalized spacial score (nSPS) is 15.3. The number of hydrogen-bond acceptors (Lipinski definition) is 3. The van der Waals surface area contributed by atoms with Gasteiger partial charge >= 0.3 is 12.0 Å². The van der Waals surface area contributed by atoms with Crippen molar-refractivity contribution in [2.45, 2.75) is 25.3 Å². The average Bonchev–Trinajstić information content (AvgIpc) is 2.92. The predicted molar refractivity (Wildman–Crippen MR) is 83.8 cm³/mol. The fraction of sp³-hybridized carbons (Fsp3) is 0.438. The summed E-state index contributed by atoms with van der Waals surface area (Å²) in [6.07, 6.45) is 1.26. The Hall–Kier alpha value is -2.57. The van der Waals surface area contributed by atoms with Crippen molar-refractivity contribution in [2.24, 2.45) is 0 Å². The molecular formula is C16H21N3O4. The highest BCUT2D eigenvalue weighted by atomic mass is 16.4. The summed E-state index contributed by atoms with van der Waals surface area (Å²) in [5, 5.41) is 13.9. The smallest absolute Gasteiger partial charge is 0.315 e. The summed E-state index contributed by atoms with van der Waals surface area (Å²) in [5.74, 6) is -0.869. The molecule has 0 radical (unpaired) electrons. The Labute approximate surface area is 134 Å². The molecule has 0 bridgehead atoms. The van der Waals surface area contributed by atoms with E-state index in [9.17, 15) is 14.4 Å². The number of nitrogens with one attached hydrogen (secondary N) is 2. The van der Waals surface area contributed by atoms with E-state index in [0.717, 1.165) is 12.0 Å². The van der Waals surface area contributed by atoms with Gasteiger partial charge in [-0.2, -0.15) is 0 Å². The van der Waals surface area contributed by atoms with E-state index in [1.54, 1.807) is 4.90 Å². The van der Waals surface area contributed by atoms with Crippen LogP contribution in [-0.4, -0.2) is 47.5 Å². The van der Waals surface area contributed by atoms with Crippen LogP contribution in [0.5, 0.6) is 0 Å². The molecular weight excluding hydrogens is 298 g/mol. The standard InChI is InChI=1S/C16H21N3O4/c20-14-7-4-10-19(14)11-13(12-5-2-1-3-6-12)18-16(23)17-9-8-15(21)22/h1-3,5-6,13H,4,7-11H2,(H,21,22)(H2,17,18,23). The summed E-state index contributed by atoms with van der Waals surface area (Å²) >= 11 is 0. The third-order valence-corrected chi connectivity index (χ3v) is 3.71. The molecule has 3 amide bonds. The summed E-state index contributed by atoms with van der Waals surface area (Å²) in [6.45, 7) is 1.17. The number of aliphatic carboxylic acids is 1. The third kappa shape index (κ3) is 5.28. The third-order valence-electron chi connectivity index (χ3n) is 3.71. The lowest BCUT2D eigenvalue weighted by atomic mass is 10.1. The predicted octanol–water partition coefficient (Wildman–Crippen LogP) is 1.12. The van der Waals surface area contributed by atoms with Crippen LogP contribution in [0.25, 0.3) is 0 Å². The van der Waals surface area contributed by atoms with Crippen molar-refractivity contribution >= 4 is 17.9 Å². The molecule has 1 fully saturated rings. The number of carboxylic acid groups (broad SMARTS) is 1. The number of carbonyl (C=O) groups excluding carboxylic acids is 2. The molecule has 0 aliphatic carbocycles. The molecule has 1 aliphatic rings. The first-order valence-electron chi connectivity index (χ1n) is 7.65. The minimum atomic E-state index is -0.965. The van der Waals surface area contributed by atoms with Crippen LogP contribution in [0.2, 0.25) is 0 Å². The van der Waals surface area contributed by atoms with E-state index in [-0.39, 0.29) is 24.9 Å². The summed E-state index contributed by atoms with van der Waals surface area (Å²) in [5.41, 5.74) is 0.903. The zero-order valence-electron chi connectivity index (χ0n) is 12.8. The van der Waals surface area contributed by atoms with Crippen molar-refractivity contribution < 1.29 is 19.5 Å². The summed E-state index contributed by atoms with van der Waals surface area (Å²) in [6, 6.07) is 8.64. The number of urea groups is 1. The Morgan fingerprint density at radius 2 is 2.00 bits per heavy atom. The molecule has 1 saturated heterocycles. The lowest BCUT2D eigenvalue weighted by Crippen LogP contribution is -2.43. The second kappa shape index (κ2) is 8.17. The minimum absolute atomic E-state index is 0.0608. The molecule has 1 aliphatic heterocycles. The van der Waals surface area contributed by atoms with Gasteiger partial charge in [0.05, 0.1) is 12.5 Å². The van der Waals surface area contributed by atoms with Gasteiger partial charge in [-0.05, 0) is 12.0 Å². The Morgan fingerprint density at radius 3 is 2.61 bits per heavy atom. The highest BCUT2D eigenvalue weighted by molar-refractivity contribution is 5.78. The Kier molecular flexibility index (Phi) is 5.96. The molecule has 0 aromatic heterocycles. The summed E-state index contributed by atoms with van der Waals surface area (Å²) in [7, 11) is 0. The van der Waals surface area contributed by atoms with E-state index < -0.39 is 12.0 Å². The Bertz CT molecular complexity index is 562. The van der Waals surface area contributed by atoms with Crippen molar-refractivity contribution in [2.75, 3.05) is 19.6 Å². The lowest BCUT2D eigenvalue weighted by molar-refractivity contribution is -0.136. The molecule has 1 unspecified atom stereocenters. The van der Waals surface area contributed by atoms with Crippen LogP contribution in [0.4, 0.5) is 4.79 Å². The van der Waals surface area contributed by atoms with E-state index in [0.29, 0.717) is 19.5 Å². The van der Waals surface area contributed by atoms with E-state index in [1.807, 2.05) is 30.3 Å². The van der Waals surface area contributed by atoms with Gasteiger partial charge in [0.1, 0.15) is 0 Å². The molecule has 2 rings (SSSR count). The van der Waals surface area contributed by atoms with E-state index in [4.69, 9.17) is 5.11 Å². The molecule has 1 atom stereocenters. The first kappa shape index (κ1) is 16.8. The highest BCUT2D eigenvalue weighted by Crippen LogP contribution is 2.18. The number of nitrogens with zero attached hydrogens (tertiary/aromatic N) is 1. The maximum absolute atomic E-state index is 11.9. The number of hydrogen-bond donors (Lipinski definition) is 3. The average molecular weight is 319 g/mol. The molecule has 7 nitrogen and oxygen atoms in total. The molecule has 124 valence electrons. The minimum Gasteiger partial charge on any atom is -0.481 e. The van der Waals surface area contributed by atoms with E-state index in [2.05, 4.69) is 10.6 Å². The lowest BCUT2D eigenvalue weighted by Gasteiger charge is -2.25. The van der Waals surface area contributed by atoms with Crippen LogP contribution in [0.3, 0.4) is 0 Å². The maximum Gasteiger partial charge on any atom is 0.315 e. The van der Waals surface area contributed by atoms with Gasteiger partial charge in [-0.25, -0.2) is 4.79 Å². The largest absolute Gasteiger partial charge is 0.481 e. The van der Waals surface area contributed by atoms with Crippen LogP contribution in [0, 0.1) is 0 Å². The van der Waals surface area contributed by atoms with Gasteiger partial charge in [0.25, 0.3) is 0 Å². The number of carbonyl (C=O) groups is 3. The van der Waals surface area contributed by atoms with Gasteiger partial charge in [-0.3, -0.25) is 9.59 Å². The first-order chi connectivity index (χ1) is 11.1. The van der Waals surface area contributed by atoms with E-state index >= 15 is 0 Å². The van der Waals surface area contributed by atoms with Gasteiger partial charge in [-0.15, -0.1) is 0 Å². The highest BCUT2D eigenvalue weighted by Gasteiger charge is 2.25. The number of likely N-dealkylation sites (tertiary alicyclic amines) is 1. The maximum atomic E-state index is 11.9. The van der Waals surface area contributed by atoms with Crippen LogP contribution in [0.15, 0.2) is 30.3 Å². The summed E-state index contributed by atoms with van der Waals surface area (Å²) < 4.78 is 0. The van der Waals surface area contributed by atoms with Crippen molar-refractivity contribution in [3.8, 4) is 0 Å². The van der Waals surface area contributed by atoms with Crippen molar-refractivity contribution in [1.82, 2.24) is 15.5 Å². The number of amides is 3. The fourth-order valence-corrected chi connectivity index (χ4v) is 2.53. The molecule has 1 aromatic carbocycles. The first-order valence-corrected chi connectivity index (χ1v) is 7.65. The van der Waals surface area contributed by atoms with Gasteiger partial charge in [0, 0.05) is 26.1 Å². The molecule has 23 heavy (non-hydrogen) atoms. The molecule has 1 heterocycles. The fourth-order valence-electron chi connectivity index (χ4n) is 2.53. The van der Waals surface area contributed by atoms with E-state index in [1.165, 1.54) is 0 Å². The van der Waals surface area contributed by atoms with Gasteiger partial charge in [0.2, 0.25) is 5.91 Å². The van der Waals surface area contributed by atoms with Gasteiger partial charge in [0.15, 0.2) is 0 Å². The van der Waals surface area contributed by atoms with Gasteiger partial charge < -0.3 is 20.6 Å². The Balaban J connectivity index is 1.97. The molecule has 0 saturated carbocycles. The van der Waals surface area contributed by atoms with Crippen LogP contribution in [0.1, 0.15) is 30.9 Å². The second-order valence-electron chi connectivity index (χ2n) is 5.45. The zero-order chi connectivity index (χ0) is 16.7. The molecule has 1 aromatic rings. The molecule has 3 N–H and O–H groups in total. The van der Waals surface area contributed by atoms with Crippen LogP contribution in [-0.2, 0) is 9.59 Å². The SMILES string of the molecule is O=C(O)CCNC(=O)NC(CN1CCCC1=O)c1ccccc1. The van der Waals surface area contributed by atoms with Crippen molar-refractivity contribution in [3.05, 3.63) is 35.9 Å². The molecule has 0 spiro atoms. The number of rotatable bonds is 7. The summed E-state index contributed by atoms with van der Waals surface area (Å²) in [4.78, 5) is 36.0. The van der Waals surface area contributed by atoms with Crippen molar-refractivity contribution in [1.29, 1.82) is 0 Å². The number of carboxylic acids is 1. The quantitative estimate of drug-likeness (QED) is 0.701. The monoisotopic (exact) mass is 319 g/mol. The molecule has 7 heteroatoms. The van der Waals surface area contributed by atoms with Crippen LogP contribution < -0.4 is 10.6 Å². The topological polar surface area (TPSA) is 98.7 Å². The number of benzene rings is 1. The van der Waals surface area contributed by atoms with Crippen molar-refractivity contribution in [3.63, 3.8) is 0 Å². The second-order valence-corrected chi connectivity index (χ2v) is 5.45. The zero-order valence-corrected chi connectivity index (χ0v) is 12.8. The van der Waals surface area contributed by atoms with Gasteiger partial charge in [-0.1, -0.05) is 30.3 Å².